The van der Waals surface area contributed by atoms with Gasteiger partial charge in [-0.2, -0.15) is 4.98 Å². The van der Waals surface area contributed by atoms with Crippen LogP contribution in [-0.4, -0.2) is 31.2 Å². The maximum absolute atomic E-state index is 5.33. The third kappa shape index (κ3) is 4.15. The molecule has 2 rings (SSSR count). The van der Waals surface area contributed by atoms with Crippen LogP contribution in [0.25, 0.3) is 0 Å². The average Bonchev–Trinajstić information content (AvgIpc) is 3.04. The van der Waals surface area contributed by atoms with Gasteiger partial charge in [-0.3, -0.25) is 0 Å². The molecule has 2 aromatic heterocycles. The van der Waals surface area contributed by atoms with Crippen LogP contribution in [0.1, 0.15) is 29.5 Å². The van der Waals surface area contributed by atoms with E-state index >= 15 is 0 Å². The molecule has 0 aliphatic heterocycles. The van der Waals surface area contributed by atoms with Gasteiger partial charge in [0.25, 0.3) is 0 Å². The zero-order valence-corrected chi connectivity index (χ0v) is 13.4. The maximum atomic E-state index is 5.33. The molecular formula is C15H21N3O2S. The van der Waals surface area contributed by atoms with E-state index in [1.165, 1.54) is 4.88 Å². The van der Waals surface area contributed by atoms with Gasteiger partial charge in [0, 0.05) is 4.88 Å². The van der Waals surface area contributed by atoms with Gasteiger partial charge in [-0.15, -0.1) is 11.3 Å². The predicted octanol–water partition coefficient (Wildman–Crippen LogP) is 2.84. The molecule has 2 aromatic rings. The van der Waals surface area contributed by atoms with Crippen molar-refractivity contribution in [3.63, 3.8) is 0 Å². The molecule has 0 amide bonds. The van der Waals surface area contributed by atoms with Gasteiger partial charge in [0.05, 0.1) is 26.5 Å². The van der Waals surface area contributed by atoms with E-state index in [0.717, 1.165) is 25.0 Å². The Balaban J connectivity index is 2.02. The van der Waals surface area contributed by atoms with Crippen LogP contribution in [0.5, 0.6) is 11.8 Å². The summed E-state index contributed by atoms with van der Waals surface area (Å²) in [6.07, 6.45) is 4.78. The Bertz CT molecular complexity index is 546. The Morgan fingerprint density at radius 3 is 2.81 bits per heavy atom. The zero-order chi connectivity index (χ0) is 15.1. The van der Waals surface area contributed by atoms with E-state index in [1.54, 1.807) is 31.8 Å². The number of rotatable bonds is 8. The predicted molar refractivity (Wildman–Crippen MR) is 84.2 cm³/mol. The van der Waals surface area contributed by atoms with Crippen molar-refractivity contribution >= 4 is 11.3 Å². The van der Waals surface area contributed by atoms with Gasteiger partial charge in [-0.1, -0.05) is 6.07 Å². The van der Waals surface area contributed by atoms with Crippen LogP contribution in [-0.2, 0) is 6.42 Å². The lowest BCUT2D eigenvalue weighted by atomic mass is 10.1. The van der Waals surface area contributed by atoms with Crippen molar-refractivity contribution in [2.45, 2.75) is 25.3 Å². The highest BCUT2D eigenvalue weighted by molar-refractivity contribution is 7.09. The highest BCUT2D eigenvalue weighted by Gasteiger charge is 2.18. The summed E-state index contributed by atoms with van der Waals surface area (Å²) in [6.45, 7) is 0. The number of nitrogens with zero attached hydrogens (tertiary/aromatic N) is 2. The molecule has 0 aliphatic rings. The van der Waals surface area contributed by atoms with Crippen molar-refractivity contribution < 1.29 is 9.47 Å². The fraction of sp³-hybridized carbons (Fsp3) is 0.467. The minimum Gasteiger partial charge on any atom is -0.480 e. The summed E-state index contributed by atoms with van der Waals surface area (Å²) in [5.41, 5.74) is 0.826. The maximum Gasteiger partial charge on any atom is 0.240 e. The minimum absolute atomic E-state index is 0.123. The summed E-state index contributed by atoms with van der Waals surface area (Å²) < 4.78 is 10.4. The number of hydrogen-bond acceptors (Lipinski definition) is 6. The van der Waals surface area contributed by atoms with Crippen molar-refractivity contribution in [2.24, 2.45) is 0 Å². The van der Waals surface area contributed by atoms with Crippen LogP contribution in [0.3, 0.4) is 0 Å². The Morgan fingerprint density at radius 2 is 2.19 bits per heavy atom. The topological polar surface area (TPSA) is 56.3 Å². The van der Waals surface area contributed by atoms with E-state index in [9.17, 15) is 0 Å². The SMILES string of the molecule is CNC(CCCc1cccs1)c1ncc(OC)nc1OC. The zero-order valence-electron chi connectivity index (χ0n) is 12.6. The van der Waals surface area contributed by atoms with Gasteiger partial charge in [0.1, 0.15) is 5.69 Å². The van der Waals surface area contributed by atoms with Crippen LogP contribution in [0.15, 0.2) is 23.7 Å². The molecule has 5 nitrogen and oxygen atoms in total. The molecule has 0 saturated heterocycles. The number of nitrogens with one attached hydrogen (secondary N) is 1. The van der Waals surface area contributed by atoms with Crippen LogP contribution >= 0.6 is 11.3 Å². The summed E-state index contributed by atoms with van der Waals surface area (Å²) in [5, 5.41) is 5.40. The van der Waals surface area contributed by atoms with Crippen molar-refractivity contribution in [1.29, 1.82) is 0 Å². The number of hydrogen-bond donors (Lipinski definition) is 1. The molecule has 0 bridgehead atoms. The van der Waals surface area contributed by atoms with Crippen LogP contribution in [0, 0.1) is 0 Å². The fourth-order valence-electron chi connectivity index (χ4n) is 2.21. The Morgan fingerprint density at radius 1 is 1.33 bits per heavy atom. The molecule has 0 fully saturated rings. The third-order valence-corrected chi connectivity index (χ3v) is 4.26. The van der Waals surface area contributed by atoms with Gasteiger partial charge in [-0.05, 0) is 37.8 Å². The van der Waals surface area contributed by atoms with E-state index in [-0.39, 0.29) is 6.04 Å². The summed E-state index contributed by atoms with van der Waals surface area (Å²) in [5.74, 6) is 0.980. The molecule has 2 heterocycles. The Labute approximate surface area is 129 Å². The Hall–Kier alpha value is -1.66. The number of thiophene rings is 1. The summed E-state index contributed by atoms with van der Waals surface area (Å²) in [6, 6.07) is 4.39. The quantitative estimate of drug-likeness (QED) is 0.812. The third-order valence-electron chi connectivity index (χ3n) is 3.32. The van der Waals surface area contributed by atoms with E-state index < -0.39 is 0 Å². The van der Waals surface area contributed by atoms with E-state index in [2.05, 4.69) is 32.8 Å². The molecule has 0 spiro atoms. The first-order chi connectivity index (χ1) is 10.3. The monoisotopic (exact) mass is 307 g/mol. The first kappa shape index (κ1) is 15.7. The first-order valence-corrected chi connectivity index (χ1v) is 7.81. The van der Waals surface area contributed by atoms with Gasteiger partial charge in [0.2, 0.25) is 11.8 Å². The summed E-state index contributed by atoms with van der Waals surface area (Å²) in [4.78, 5) is 10.1. The number of aromatic nitrogens is 2. The van der Waals surface area contributed by atoms with Crippen molar-refractivity contribution in [1.82, 2.24) is 15.3 Å². The van der Waals surface area contributed by atoms with Crippen molar-refractivity contribution in [3.05, 3.63) is 34.3 Å². The minimum atomic E-state index is 0.123. The second-order valence-corrected chi connectivity index (χ2v) is 5.65. The lowest BCUT2D eigenvalue weighted by Gasteiger charge is -2.17. The second kappa shape index (κ2) is 7.95. The summed E-state index contributed by atoms with van der Waals surface area (Å²) in [7, 11) is 5.10. The van der Waals surface area contributed by atoms with Gasteiger partial charge >= 0.3 is 0 Å². The molecule has 1 unspecified atom stereocenters. The number of aryl methyl sites for hydroxylation is 1. The van der Waals surface area contributed by atoms with Crippen LogP contribution < -0.4 is 14.8 Å². The first-order valence-electron chi connectivity index (χ1n) is 6.93. The fourth-order valence-corrected chi connectivity index (χ4v) is 2.96. The average molecular weight is 307 g/mol. The summed E-state index contributed by atoms with van der Waals surface area (Å²) >= 11 is 1.80. The molecule has 6 heteroatoms. The highest BCUT2D eigenvalue weighted by atomic mass is 32.1. The normalized spacial score (nSPS) is 12.1. The lowest BCUT2D eigenvalue weighted by Crippen LogP contribution is -2.19. The largest absolute Gasteiger partial charge is 0.480 e. The second-order valence-electron chi connectivity index (χ2n) is 4.62. The Kier molecular flexibility index (Phi) is 5.95. The highest BCUT2D eigenvalue weighted by Crippen LogP contribution is 2.26. The molecule has 114 valence electrons. The van der Waals surface area contributed by atoms with Gasteiger partial charge < -0.3 is 14.8 Å². The molecule has 1 N–H and O–H groups in total. The molecule has 21 heavy (non-hydrogen) atoms. The molecule has 0 radical (unpaired) electrons. The molecular weight excluding hydrogens is 286 g/mol. The van der Waals surface area contributed by atoms with Crippen LogP contribution in [0.2, 0.25) is 0 Å². The van der Waals surface area contributed by atoms with E-state index in [4.69, 9.17) is 9.47 Å². The van der Waals surface area contributed by atoms with Crippen molar-refractivity contribution in [3.8, 4) is 11.8 Å². The standard InChI is InChI=1S/C15H21N3O2S/c1-16-12(8-4-6-11-7-5-9-21-11)14-15(20-3)18-13(19-2)10-17-14/h5,7,9-10,12,16H,4,6,8H2,1-3H3. The number of ether oxygens (including phenoxy) is 2. The number of methoxy groups -OCH3 is 2. The van der Waals surface area contributed by atoms with Crippen molar-refractivity contribution in [2.75, 3.05) is 21.3 Å². The van der Waals surface area contributed by atoms with E-state index in [1.807, 2.05) is 7.05 Å². The van der Waals surface area contributed by atoms with Gasteiger partial charge in [-0.25, -0.2) is 4.98 Å². The molecule has 0 aliphatic carbocycles. The molecule has 0 saturated carbocycles. The molecule has 1 atom stereocenters. The van der Waals surface area contributed by atoms with E-state index in [0.29, 0.717) is 11.8 Å². The van der Waals surface area contributed by atoms with Crippen LogP contribution in [0.4, 0.5) is 0 Å². The smallest absolute Gasteiger partial charge is 0.240 e. The van der Waals surface area contributed by atoms with Gasteiger partial charge in [0.15, 0.2) is 0 Å². The lowest BCUT2D eigenvalue weighted by molar-refractivity contribution is 0.348. The molecule has 0 aromatic carbocycles.